The molecule has 7 heteroatoms. The van der Waals surface area contributed by atoms with Crippen LogP contribution in [0.15, 0.2) is 0 Å². The van der Waals surface area contributed by atoms with E-state index in [2.05, 4.69) is 6.92 Å². The summed E-state index contributed by atoms with van der Waals surface area (Å²) in [7, 11) is 0. The van der Waals surface area contributed by atoms with Crippen molar-refractivity contribution in [3.63, 3.8) is 0 Å². The van der Waals surface area contributed by atoms with Crippen molar-refractivity contribution >= 4 is 18.0 Å². The first-order valence-electron chi connectivity index (χ1n) is 5.51. The van der Waals surface area contributed by atoms with E-state index in [0.717, 1.165) is 25.5 Å². The summed E-state index contributed by atoms with van der Waals surface area (Å²) in [5.41, 5.74) is 0. The van der Waals surface area contributed by atoms with Crippen LogP contribution >= 0.6 is 0 Å². The minimum absolute atomic E-state index is 0.227. The number of hydrogen-bond acceptors (Lipinski definition) is 3. The maximum absolute atomic E-state index is 10.9. The van der Waals surface area contributed by atoms with Crippen LogP contribution in [0.4, 0.5) is 13.2 Å². The number of carbonyl (C=O) groups is 3. The minimum Gasteiger partial charge on any atom is -0.475 e. The van der Waals surface area contributed by atoms with Crippen LogP contribution in [0.1, 0.15) is 45.4 Å². The normalized spacial score (nSPS) is 10.2. The number of alkyl halides is 3. The Hall–Kier alpha value is -1.40. The van der Waals surface area contributed by atoms with Gasteiger partial charge in [0.2, 0.25) is 0 Å². The summed E-state index contributed by atoms with van der Waals surface area (Å²) in [6, 6.07) is 0. The lowest BCUT2D eigenvalue weighted by Crippen LogP contribution is -2.21. The van der Waals surface area contributed by atoms with Crippen molar-refractivity contribution < 1.29 is 32.7 Å². The van der Waals surface area contributed by atoms with Crippen molar-refractivity contribution in [3.05, 3.63) is 0 Å². The molecule has 1 N–H and O–H groups in total. The summed E-state index contributed by atoms with van der Waals surface area (Å²) < 4.78 is 31.7. The molecule has 0 saturated carbocycles. The number of carboxylic acid groups (broad SMARTS) is 1. The first kappa shape index (κ1) is 19.0. The molecule has 0 aromatic rings. The Labute approximate surface area is 103 Å². The Morgan fingerprint density at radius 1 is 1.17 bits per heavy atom. The highest BCUT2D eigenvalue weighted by atomic mass is 19.4. The van der Waals surface area contributed by atoms with E-state index >= 15 is 0 Å². The number of ketones is 1. The average Bonchev–Trinajstić information content (AvgIpc) is 2.26. The fourth-order valence-electron chi connectivity index (χ4n) is 0.917. The third kappa shape index (κ3) is 14.6. The topological polar surface area (TPSA) is 71.4 Å². The van der Waals surface area contributed by atoms with Crippen molar-refractivity contribution in [3.8, 4) is 0 Å². The Kier molecular flexibility index (Phi) is 11.3. The van der Waals surface area contributed by atoms with Gasteiger partial charge in [0.15, 0.2) is 0 Å². The van der Waals surface area contributed by atoms with Crippen LogP contribution in [-0.2, 0) is 14.4 Å². The SMILES string of the molecule is CCCCCC(=O)CCC=O.O=C(O)C(F)(F)F. The standard InChI is InChI=1S/C9H16O2.C2HF3O2/c1-2-3-4-6-9(11)7-5-8-10;3-2(4,5)1(6)7/h8H,2-7H2,1H3;(H,6,7). The van der Waals surface area contributed by atoms with E-state index in [1.165, 1.54) is 0 Å². The second kappa shape index (κ2) is 10.7. The highest BCUT2D eigenvalue weighted by Gasteiger charge is 2.38. The van der Waals surface area contributed by atoms with Crippen LogP contribution < -0.4 is 0 Å². The van der Waals surface area contributed by atoms with E-state index in [0.29, 0.717) is 19.3 Å². The fraction of sp³-hybridized carbons (Fsp3) is 0.727. The molecular formula is C11H17F3O4. The molecule has 0 aliphatic heterocycles. The first-order valence-corrected chi connectivity index (χ1v) is 5.51. The van der Waals surface area contributed by atoms with Gasteiger partial charge in [0, 0.05) is 19.3 Å². The van der Waals surface area contributed by atoms with Crippen LogP contribution in [0.5, 0.6) is 0 Å². The zero-order chi connectivity index (χ0) is 14.6. The van der Waals surface area contributed by atoms with Gasteiger partial charge in [-0.15, -0.1) is 0 Å². The number of Topliss-reactive ketones (excluding diaryl/α,β-unsaturated/α-hetero) is 1. The number of aliphatic carboxylic acids is 1. The molecular weight excluding hydrogens is 253 g/mol. The summed E-state index contributed by atoms with van der Waals surface area (Å²) in [4.78, 5) is 29.7. The molecule has 0 unspecified atom stereocenters. The van der Waals surface area contributed by atoms with E-state index in [-0.39, 0.29) is 5.78 Å². The predicted molar refractivity (Wildman–Crippen MR) is 58.1 cm³/mol. The number of halogens is 3. The molecule has 0 rings (SSSR count). The summed E-state index contributed by atoms with van der Waals surface area (Å²) in [6.45, 7) is 2.11. The zero-order valence-electron chi connectivity index (χ0n) is 10.1. The highest BCUT2D eigenvalue weighted by Crippen LogP contribution is 2.13. The number of aldehydes is 1. The number of rotatable bonds is 7. The Morgan fingerprint density at radius 2 is 1.67 bits per heavy atom. The largest absolute Gasteiger partial charge is 0.490 e. The first-order chi connectivity index (χ1) is 8.25. The second-order valence-corrected chi connectivity index (χ2v) is 3.50. The van der Waals surface area contributed by atoms with Crippen LogP contribution in [-0.4, -0.2) is 29.3 Å². The summed E-state index contributed by atoms with van der Waals surface area (Å²) >= 11 is 0. The van der Waals surface area contributed by atoms with Crippen LogP contribution in [0, 0.1) is 0 Å². The molecule has 0 heterocycles. The van der Waals surface area contributed by atoms with Gasteiger partial charge >= 0.3 is 12.1 Å². The van der Waals surface area contributed by atoms with Crippen LogP contribution in [0.25, 0.3) is 0 Å². The quantitative estimate of drug-likeness (QED) is 0.570. The van der Waals surface area contributed by atoms with Gasteiger partial charge in [-0.25, -0.2) is 4.79 Å². The van der Waals surface area contributed by atoms with Gasteiger partial charge in [-0.2, -0.15) is 13.2 Å². The maximum Gasteiger partial charge on any atom is 0.490 e. The lowest BCUT2D eigenvalue weighted by molar-refractivity contribution is -0.192. The minimum atomic E-state index is -5.08. The number of carbonyl (C=O) groups excluding carboxylic acids is 2. The molecule has 0 spiro atoms. The smallest absolute Gasteiger partial charge is 0.475 e. The van der Waals surface area contributed by atoms with Gasteiger partial charge in [-0.3, -0.25) is 4.79 Å². The van der Waals surface area contributed by atoms with E-state index in [1.807, 2.05) is 0 Å². The zero-order valence-corrected chi connectivity index (χ0v) is 10.1. The highest BCUT2D eigenvalue weighted by molar-refractivity contribution is 5.80. The van der Waals surface area contributed by atoms with E-state index < -0.39 is 12.1 Å². The molecule has 0 radical (unpaired) electrons. The lowest BCUT2D eigenvalue weighted by Gasteiger charge is -1.95. The Bertz CT molecular complexity index is 262. The Balaban J connectivity index is 0. The van der Waals surface area contributed by atoms with Crippen molar-refractivity contribution in [2.45, 2.75) is 51.6 Å². The van der Waals surface area contributed by atoms with Gasteiger partial charge < -0.3 is 9.90 Å². The summed E-state index contributed by atoms with van der Waals surface area (Å²) in [5.74, 6) is -2.53. The van der Waals surface area contributed by atoms with E-state index in [1.54, 1.807) is 0 Å². The van der Waals surface area contributed by atoms with Crippen molar-refractivity contribution in [1.29, 1.82) is 0 Å². The molecule has 18 heavy (non-hydrogen) atoms. The van der Waals surface area contributed by atoms with E-state index in [4.69, 9.17) is 9.90 Å². The molecule has 4 nitrogen and oxygen atoms in total. The van der Waals surface area contributed by atoms with Crippen LogP contribution in [0.2, 0.25) is 0 Å². The Morgan fingerprint density at radius 3 is 2.00 bits per heavy atom. The van der Waals surface area contributed by atoms with Gasteiger partial charge in [0.1, 0.15) is 12.1 Å². The molecule has 106 valence electrons. The molecule has 0 amide bonds. The second-order valence-electron chi connectivity index (χ2n) is 3.50. The van der Waals surface area contributed by atoms with Gasteiger partial charge in [0.05, 0.1) is 0 Å². The molecule has 0 atom stereocenters. The number of carboxylic acids is 1. The van der Waals surface area contributed by atoms with Crippen LogP contribution in [0.3, 0.4) is 0 Å². The molecule has 0 aromatic heterocycles. The van der Waals surface area contributed by atoms with Gasteiger partial charge in [-0.1, -0.05) is 19.8 Å². The molecule has 0 saturated heterocycles. The maximum atomic E-state index is 10.9. The predicted octanol–water partition coefficient (Wildman–Crippen LogP) is 2.75. The number of hydrogen-bond donors (Lipinski definition) is 1. The van der Waals surface area contributed by atoms with Crippen molar-refractivity contribution in [1.82, 2.24) is 0 Å². The van der Waals surface area contributed by atoms with E-state index in [9.17, 15) is 22.8 Å². The summed E-state index contributed by atoms with van der Waals surface area (Å²) in [6.07, 6.45) is 0.444. The summed E-state index contributed by atoms with van der Waals surface area (Å²) in [5, 5.41) is 7.12. The monoisotopic (exact) mass is 270 g/mol. The number of unbranched alkanes of at least 4 members (excludes halogenated alkanes) is 2. The molecule has 0 fully saturated rings. The van der Waals surface area contributed by atoms with Crippen molar-refractivity contribution in [2.75, 3.05) is 0 Å². The third-order valence-corrected chi connectivity index (χ3v) is 1.84. The molecule has 0 aliphatic carbocycles. The average molecular weight is 270 g/mol. The molecule has 0 aliphatic rings. The van der Waals surface area contributed by atoms with Gasteiger partial charge in [0.25, 0.3) is 0 Å². The fourth-order valence-corrected chi connectivity index (χ4v) is 0.917. The third-order valence-electron chi connectivity index (χ3n) is 1.84. The van der Waals surface area contributed by atoms with Crippen molar-refractivity contribution in [2.24, 2.45) is 0 Å². The molecule has 0 bridgehead atoms. The molecule has 0 aromatic carbocycles. The lowest BCUT2D eigenvalue weighted by atomic mass is 10.1. The van der Waals surface area contributed by atoms with Gasteiger partial charge in [-0.05, 0) is 6.42 Å².